The summed E-state index contributed by atoms with van der Waals surface area (Å²) in [5.74, 6) is 0.888. The minimum Gasteiger partial charge on any atom is -0.493 e. The Balaban J connectivity index is 0.00000220. The molecule has 0 amide bonds. The van der Waals surface area contributed by atoms with E-state index in [1.54, 1.807) is 0 Å². The van der Waals surface area contributed by atoms with Gasteiger partial charge in [-0.3, -0.25) is 0 Å². The normalized spacial score (nSPS) is 10.3. The average Bonchev–Trinajstić information content (AvgIpc) is 2.45. The maximum Gasteiger partial charge on any atom is 0.127 e. The Hall–Kier alpha value is -1.22. The second-order valence-corrected chi connectivity index (χ2v) is 5.45. The smallest absolute Gasteiger partial charge is 0.127 e. The standard InChI is InChI=1S/C17H20ClNO.ClH/c1-19(2)11-6-12-20-17-10-9-15(18)13-16(17)14-7-4-3-5-8-14;/h3-5,7-10,13H,6,11-12H2,1-2H3;1H. The molecule has 4 heteroatoms. The highest BCUT2D eigenvalue weighted by Crippen LogP contribution is 2.32. The van der Waals surface area contributed by atoms with Crippen molar-refractivity contribution in [2.75, 3.05) is 27.2 Å². The average molecular weight is 326 g/mol. The molecule has 0 N–H and O–H groups in total. The van der Waals surface area contributed by atoms with Gasteiger partial charge in [0.25, 0.3) is 0 Å². The van der Waals surface area contributed by atoms with E-state index < -0.39 is 0 Å². The third-order valence-corrected chi connectivity index (χ3v) is 3.27. The minimum atomic E-state index is 0. The molecule has 0 aliphatic rings. The van der Waals surface area contributed by atoms with Crippen molar-refractivity contribution in [2.45, 2.75) is 6.42 Å². The van der Waals surface area contributed by atoms with Crippen molar-refractivity contribution in [1.29, 1.82) is 0 Å². The summed E-state index contributed by atoms with van der Waals surface area (Å²) in [7, 11) is 4.13. The molecule has 114 valence electrons. The zero-order chi connectivity index (χ0) is 14.4. The molecule has 0 saturated carbocycles. The molecule has 0 aromatic heterocycles. The first kappa shape index (κ1) is 17.8. The van der Waals surface area contributed by atoms with E-state index in [0.29, 0.717) is 6.61 Å². The fourth-order valence-corrected chi connectivity index (χ4v) is 2.21. The van der Waals surface area contributed by atoms with Gasteiger partial charge in [-0.1, -0.05) is 41.9 Å². The van der Waals surface area contributed by atoms with Gasteiger partial charge < -0.3 is 9.64 Å². The van der Waals surface area contributed by atoms with Crippen molar-refractivity contribution in [3.05, 3.63) is 53.6 Å². The van der Waals surface area contributed by atoms with Gasteiger partial charge in [-0.15, -0.1) is 12.4 Å². The first-order valence-corrected chi connectivity index (χ1v) is 7.17. The van der Waals surface area contributed by atoms with Crippen molar-refractivity contribution in [3.63, 3.8) is 0 Å². The van der Waals surface area contributed by atoms with E-state index >= 15 is 0 Å². The molecule has 0 unspecified atom stereocenters. The van der Waals surface area contributed by atoms with Gasteiger partial charge in [0.15, 0.2) is 0 Å². The summed E-state index contributed by atoms with van der Waals surface area (Å²) in [6.07, 6.45) is 1.00. The van der Waals surface area contributed by atoms with E-state index in [4.69, 9.17) is 16.3 Å². The molecule has 0 bridgehead atoms. The highest BCUT2D eigenvalue weighted by Gasteiger charge is 2.07. The molecular weight excluding hydrogens is 305 g/mol. The topological polar surface area (TPSA) is 12.5 Å². The zero-order valence-electron chi connectivity index (χ0n) is 12.4. The van der Waals surface area contributed by atoms with Crippen LogP contribution in [0.3, 0.4) is 0 Å². The Morgan fingerprint density at radius 1 is 1.05 bits per heavy atom. The van der Waals surface area contributed by atoms with Crippen LogP contribution in [-0.4, -0.2) is 32.1 Å². The highest BCUT2D eigenvalue weighted by molar-refractivity contribution is 6.31. The van der Waals surface area contributed by atoms with Crippen LogP contribution in [0.25, 0.3) is 11.1 Å². The Morgan fingerprint density at radius 3 is 2.43 bits per heavy atom. The molecule has 0 radical (unpaired) electrons. The summed E-state index contributed by atoms with van der Waals surface area (Å²) in [4.78, 5) is 2.16. The lowest BCUT2D eigenvalue weighted by atomic mass is 10.0. The van der Waals surface area contributed by atoms with Gasteiger partial charge in [-0.05, 0) is 44.3 Å². The van der Waals surface area contributed by atoms with Crippen LogP contribution in [0.15, 0.2) is 48.5 Å². The predicted molar refractivity (Wildman–Crippen MR) is 92.8 cm³/mol. The molecule has 21 heavy (non-hydrogen) atoms. The van der Waals surface area contributed by atoms with E-state index in [1.165, 1.54) is 0 Å². The minimum absolute atomic E-state index is 0. The third-order valence-electron chi connectivity index (χ3n) is 3.03. The van der Waals surface area contributed by atoms with E-state index in [-0.39, 0.29) is 12.4 Å². The maximum atomic E-state index is 6.11. The van der Waals surface area contributed by atoms with Crippen LogP contribution in [0.2, 0.25) is 5.02 Å². The van der Waals surface area contributed by atoms with Gasteiger partial charge in [0.1, 0.15) is 5.75 Å². The largest absolute Gasteiger partial charge is 0.493 e. The lowest BCUT2D eigenvalue weighted by Gasteiger charge is -2.14. The molecule has 2 aromatic carbocycles. The highest BCUT2D eigenvalue weighted by atomic mass is 35.5. The maximum absolute atomic E-state index is 6.11. The molecule has 2 aromatic rings. The summed E-state index contributed by atoms with van der Waals surface area (Å²) in [6, 6.07) is 16.0. The predicted octanol–water partition coefficient (Wildman–Crippen LogP) is 4.76. The molecule has 0 spiro atoms. The number of hydrogen-bond acceptors (Lipinski definition) is 2. The van der Waals surface area contributed by atoms with Gasteiger partial charge in [-0.2, -0.15) is 0 Å². The lowest BCUT2D eigenvalue weighted by Crippen LogP contribution is -2.15. The molecular formula is C17H21Cl2NO. The van der Waals surface area contributed by atoms with Gasteiger partial charge in [0.2, 0.25) is 0 Å². The Kier molecular flexibility index (Phi) is 7.58. The Bertz CT molecular complexity index is 544. The van der Waals surface area contributed by atoms with Crippen LogP contribution in [0, 0.1) is 0 Å². The molecule has 2 nitrogen and oxygen atoms in total. The van der Waals surface area contributed by atoms with Gasteiger partial charge >= 0.3 is 0 Å². The van der Waals surface area contributed by atoms with Crippen LogP contribution >= 0.6 is 24.0 Å². The van der Waals surface area contributed by atoms with Gasteiger partial charge in [0, 0.05) is 17.1 Å². The zero-order valence-corrected chi connectivity index (χ0v) is 14.0. The fourth-order valence-electron chi connectivity index (χ4n) is 2.03. The van der Waals surface area contributed by atoms with Gasteiger partial charge in [0.05, 0.1) is 6.61 Å². The van der Waals surface area contributed by atoms with Crippen LogP contribution in [0.5, 0.6) is 5.75 Å². The van der Waals surface area contributed by atoms with Gasteiger partial charge in [-0.25, -0.2) is 0 Å². The number of benzene rings is 2. The van der Waals surface area contributed by atoms with E-state index in [9.17, 15) is 0 Å². The van der Waals surface area contributed by atoms with E-state index in [2.05, 4.69) is 31.1 Å². The summed E-state index contributed by atoms with van der Waals surface area (Å²) in [5, 5.41) is 0.726. The second kappa shape index (κ2) is 8.93. The van der Waals surface area contributed by atoms with Crippen molar-refractivity contribution in [1.82, 2.24) is 4.90 Å². The Morgan fingerprint density at radius 2 is 1.76 bits per heavy atom. The first-order chi connectivity index (χ1) is 9.66. The molecule has 0 atom stereocenters. The number of halogens is 2. The van der Waals surface area contributed by atoms with Crippen molar-refractivity contribution < 1.29 is 4.74 Å². The van der Waals surface area contributed by atoms with Crippen molar-refractivity contribution in [2.24, 2.45) is 0 Å². The monoisotopic (exact) mass is 325 g/mol. The number of ether oxygens (including phenoxy) is 1. The van der Waals surface area contributed by atoms with E-state index in [0.717, 1.165) is 34.9 Å². The third kappa shape index (κ3) is 5.58. The lowest BCUT2D eigenvalue weighted by molar-refractivity contribution is 0.282. The summed E-state index contributed by atoms with van der Waals surface area (Å²) >= 11 is 6.11. The quantitative estimate of drug-likeness (QED) is 0.710. The Labute approximate surface area is 138 Å². The first-order valence-electron chi connectivity index (χ1n) is 6.79. The second-order valence-electron chi connectivity index (χ2n) is 5.01. The molecule has 0 heterocycles. The number of rotatable bonds is 6. The number of nitrogens with zero attached hydrogens (tertiary/aromatic N) is 1. The summed E-state index contributed by atoms with van der Waals surface area (Å²) in [6.45, 7) is 1.73. The van der Waals surface area contributed by atoms with E-state index in [1.807, 2.05) is 36.4 Å². The van der Waals surface area contributed by atoms with Crippen molar-refractivity contribution in [3.8, 4) is 16.9 Å². The van der Waals surface area contributed by atoms with Crippen LogP contribution in [-0.2, 0) is 0 Å². The van der Waals surface area contributed by atoms with Crippen LogP contribution < -0.4 is 4.74 Å². The molecule has 0 aliphatic heterocycles. The molecule has 2 rings (SSSR count). The molecule has 0 fully saturated rings. The molecule has 0 saturated heterocycles. The summed E-state index contributed by atoms with van der Waals surface area (Å²) < 4.78 is 5.91. The van der Waals surface area contributed by atoms with Crippen LogP contribution in [0.4, 0.5) is 0 Å². The molecule has 0 aliphatic carbocycles. The van der Waals surface area contributed by atoms with Crippen LogP contribution in [0.1, 0.15) is 6.42 Å². The number of hydrogen-bond donors (Lipinski definition) is 0. The SMILES string of the molecule is CN(C)CCCOc1ccc(Cl)cc1-c1ccccc1.Cl. The van der Waals surface area contributed by atoms with Crippen molar-refractivity contribution >= 4 is 24.0 Å². The fraction of sp³-hybridized carbons (Fsp3) is 0.294. The summed E-state index contributed by atoms with van der Waals surface area (Å²) in [5.41, 5.74) is 2.17.